The number of pyridine rings is 1. The number of hydrogen-bond acceptors (Lipinski definition) is 3. The molecule has 0 spiro atoms. The largest absolute Gasteiger partial charge is 0.305 e. The minimum absolute atomic E-state index is 0.233. The summed E-state index contributed by atoms with van der Waals surface area (Å²) in [5.41, 5.74) is 1.96. The van der Waals surface area contributed by atoms with Crippen molar-refractivity contribution in [1.82, 2.24) is 10.3 Å². The van der Waals surface area contributed by atoms with Gasteiger partial charge in [-0.1, -0.05) is 23.7 Å². The zero-order valence-electron chi connectivity index (χ0n) is 10.4. The molecule has 2 aromatic rings. The summed E-state index contributed by atoms with van der Waals surface area (Å²) in [4.78, 5) is 20.2. The molecule has 1 N–H and O–H groups in total. The van der Waals surface area contributed by atoms with Crippen LogP contribution in [0.1, 0.15) is 11.1 Å². The Kier molecular flexibility index (Phi) is 3.31. The number of aliphatic imine (C=N–C) groups is 1. The molecular weight excluding hydrogens is 274 g/mol. The molecule has 5 heteroatoms. The average Bonchev–Trinajstić information content (AvgIpc) is 2.81. The van der Waals surface area contributed by atoms with Crippen LogP contribution in [0, 0.1) is 0 Å². The van der Waals surface area contributed by atoms with Crippen molar-refractivity contribution in [1.29, 1.82) is 0 Å². The Hall–Kier alpha value is -2.46. The van der Waals surface area contributed by atoms with Crippen LogP contribution in [0.3, 0.4) is 0 Å². The summed E-state index contributed by atoms with van der Waals surface area (Å²) in [5.74, 6) is 0.278. The van der Waals surface area contributed by atoms with Crippen molar-refractivity contribution >= 4 is 29.4 Å². The molecule has 0 aliphatic carbocycles. The van der Waals surface area contributed by atoms with E-state index in [1.165, 1.54) is 0 Å². The first-order valence-electron chi connectivity index (χ1n) is 6.00. The number of carbonyl (C=O) groups excluding carboxylic acids is 1. The maximum absolute atomic E-state index is 11.9. The Morgan fingerprint density at radius 3 is 2.85 bits per heavy atom. The highest BCUT2D eigenvalue weighted by Crippen LogP contribution is 2.17. The Balaban J connectivity index is 1.95. The molecule has 0 radical (unpaired) electrons. The number of nitrogens with zero attached hydrogens (tertiary/aromatic N) is 2. The maximum Gasteiger partial charge on any atom is 0.275 e. The van der Waals surface area contributed by atoms with Gasteiger partial charge < -0.3 is 5.32 Å². The Labute approximate surface area is 120 Å². The van der Waals surface area contributed by atoms with Crippen LogP contribution < -0.4 is 5.32 Å². The topological polar surface area (TPSA) is 54.4 Å². The van der Waals surface area contributed by atoms with Crippen LogP contribution in [0.25, 0.3) is 6.08 Å². The Morgan fingerprint density at radius 1 is 1.20 bits per heavy atom. The normalized spacial score (nSPS) is 16.1. The molecule has 98 valence electrons. The summed E-state index contributed by atoms with van der Waals surface area (Å²) in [5, 5.41) is 3.34. The van der Waals surface area contributed by atoms with Crippen LogP contribution in [0.2, 0.25) is 5.02 Å². The second-order valence-corrected chi connectivity index (χ2v) is 4.68. The first kappa shape index (κ1) is 12.6. The van der Waals surface area contributed by atoms with Crippen molar-refractivity contribution < 1.29 is 4.79 Å². The van der Waals surface area contributed by atoms with E-state index in [2.05, 4.69) is 15.3 Å². The highest BCUT2D eigenvalue weighted by atomic mass is 35.5. The minimum atomic E-state index is -0.233. The van der Waals surface area contributed by atoms with Crippen molar-refractivity contribution in [3.63, 3.8) is 0 Å². The second-order valence-electron chi connectivity index (χ2n) is 4.24. The molecule has 1 aromatic carbocycles. The number of carbonyl (C=O) groups is 1. The van der Waals surface area contributed by atoms with E-state index < -0.39 is 0 Å². The van der Waals surface area contributed by atoms with E-state index >= 15 is 0 Å². The van der Waals surface area contributed by atoms with Crippen LogP contribution in [0.4, 0.5) is 0 Å². The Bertz CT molecular complexity index is 723. The van der Waals surface area contributed by atoms with Crippen molar-refractivity contribution in [3.05, 3.63) is 70.6 Å². The van der Waals surface area contributed by atoms with Gasteiger partial charge in [0.1, 0.15) is 11.5 Å². The molecule has 0 fully saturated rings. The molecule has 1 aliphatic rings. The van der Waals surface area contributed by atoms with Gasteiger partial charge in [0, 0.05) is 23.0 Å². The second kappa shape index (κ2) is 5.27. The molecule has 0 atom stereocenters. The third-order valence-corrected chi connectivity index (χ3v) is 3.02. The molecule has 2 heterocycles. The van der Waals surface area contributed by atoms with Gasteiger partial charge in [-0.3, -0.25) is 9.78 Å². The zero-order valence-corrected chi connectivity index (χ0v) is 11.1. The lowest BCUT2D eigenvalue weighted by Gasteiger charge is -1.97. The number of amidine groups is 1. The van der Waals surface area contributed by atoms with Gasteiger partial charge in [-0.25, -0.2) is 4.99 Å². The van der Waals surface area contributed by atoms with Crippen molar-refractivity contribution in [2.45, 2.75) is 0 Å². The number of rotatable bonds is 2. The number of benzene rings is 1. The zero-order chi connectivity index (χ0) is 13.9. The minimum Gasteiger partial charge on any atom is -0.305 e. The third kappa shape index (κ3) is 2.60. The van der Waals surface area contributed by atoms with Gasteiger partial charge in [-0.15, -0.1) is 0 Å². The fraction of sp³-hybridized carbons (Fsp3) is 0. The molecule has 0 unspecified atom stereocenters. The first-order chi connectivity index (χ1) is 9.72. The lowest BCUT2D eigenvalue weighted by Crippen LogP contribution is -2.24. The van der Waals surface area contributed by atoms with Crippen LogP contribution in [0.15, 0.2) is 59.5 Å². The summed E-state index contributed by atoms with van der Waals surface area (Å²) in [6, 6.07) is 10.9. The van der Waals surface area contributed by atoms with Crippen LogP contribution in [-0.4, -0.2) is 16.7 Å². The number of nitrogens with one attached hydrogen (secondary N) is 1. The highest BCUT2D eigenvalue weighted by molar-refractivity contribution is 6.30. The van der Waals surface area contributed by atoms with Gasteiger partial charge in [0.2, 0.25) is 0 Å². The molecule has 20 heavy (non-hydrogen) atoms. The van der Waals surface area contributed by atoms with Gasteiger partial charge >= 0.3 is 0 Å². The average molecular weight is 284 g/mol. The smallest absolute Gasteiger partial charge is 0.275 e. The molecule has 4 nitrogen and oxygen atoms in total. The molecular formula is C15H10ClN3O. The van der Waals surface area contributed by atoms with Gasteiger partial charge in [0.15, 0.2) is 0 Å². The summed E-state index contributed by atoms with van der Waals surface area (Å²) in [6.07, 6.45) is 5.02. The van der Waals surface area contributed by atoms with E-state index in [-0.39, 0.29) is 5.91 Å². The summed E-state index contributed by atoms with van der Waals surface area (Å²) >= 11 is 5.92. The van der Waals surface area contributed by atoms with Crippen LogP contribution in [-0.2, 0) is 4.79 Å². The van der Waals surface area contributed by atoms with Crippen LogP contribution in [0.5, 0.6) is 0 Å². The Morgan fingerprint density at radius 2 is 2.10 bits per heavy atom. The van der Waals surface area contributed by atoms with E-state index in [1.807, 2.05) is 18.2 Å². The van der Waals surface area contributed by atoms with Gasteiger partial charge in [-0.05, 0) is 35.9 Å². The van der Waals surface area contributed by atoms with E-state index in [0.29, 0.717) is 16.6 Å². The summed E-state index contributed by atoms with van der Waals surface area (Å²) in [7, 11) is 0. The van der Waals surface area contributed by atoms with Crippen molar-refractivity contribution in [3.8, 4) is 0 Å². The predicted octanol–water partition coefficient (Wildman–Crippen LogP) is 2.65. The van der Waals surface area contributed by atoms with E-state index in [1.54, 1.807) is 36.7 Å². The van der Waals surface area contributed by atoms with Crippen molar-refractivity contribution in [2.24, 2.45) is 4.99 Å². The standard InChI is InChI=1S/C15H10ClN3O/c16-12-5-1-3-10(7-12)8-13-15(20)19-14(18-13)11-4-2-6-17-9-11/h1-9H,(H,18,19,20)/b13-8+. The monoisotopic (exact) mass is 283 g/mol. The predicted molar refractivity (Wildman–Crippen MR) is 78.3 cm³/mol. The molecule has 1 aromatic heterocycles. The van der Waals surface area contributed by atoms with Crippen LogP contribution >= 0.6 is 11.6 Å². The maximum atomic E-state index is 11.9. The fourth-order valence-corrected chi connectivity index (χ4v) is 2.06. The van der Waals surface area contributed by atoms with E-state index in [9.17, 15) is 4.79 Å². The van der Waals surface area contributed by atoms with E-state index in [4.69, 9.17) is 11.6 Å². The number of amides is 1. The molecule has 1 aliphatic heterocycles. The summed E-state index contributed by atoms with van der Waals surface area (Å²) < 4.78 is 0. The molecule has 0 saturated heterocycles. The van der Waals surface area contributed by atoms with Gasteiger partial charge in [0.25, 0.3) is 5.91 Å². The first-order valence-corrected chi connectivity index (χ1v) is 6.38. The fourth-order valence-electron chi connectivity index (χ4n) is 1.86. The lowest BCUT2D eigenvalue weighted by atomic mass is 10.2. The lowest BCUT2D eigenvalue weighted by molar-refractivity contribution is -0.115. The molecule has 3 rings (SSSR count). The third-order valence-electron chi connectivity index (χ3n) is 2.78. The van der Waals surface area contributed by atoms with Gasteiger partial charge in [-0.2, -0.15) is 0 Å². The molecule has 0 bridgehead atoms. The number of aromatic nitrogens is 1. The SMILES string of the molecule is O=C1NC(c2cccnc2)=N/C1=C/c1cccc(Cl)c1. The van der Waals surface area contributed by atoms with E-state index in [0.717, 1.165) is 11.1 Å². The van der Waals surface area contributed by atoms with Crippen molar-refractivity contribution in [2.75, 3.05) is 0 Å². The molecule has 0 saturated carbocycles. The van der Waals surface area contributed by atoms with Gasteiger partial charge in [0.05, 0.1) is 0 Å². The number of hydrogen-bond donors (Lipinski definition) is 1. The summed E-state index contributed by atoms with van der Waals surface area (Å²) in [6.45, 7) is 0. The highest BCUT2D eigenvalue weighted by Gasteiger charge is 2.20. The number of halogens is 1. The quantitative estimate of drug-likeness (QED) is 0.862. The molecule has 1 amide bonds.